The van der Waals surface area contributed by atoms with Gasteiger partial charge in [0.2, 0.25) is 0 Å². The highest BCUT2D eigenvalue weighted by molar-refractivity contribution is 14.0. The Hall–Kier alpha value is -1.28. The molecule has 1 aromatic heterocycles. The number of hydrogen-bond donors (Lipinski definition) is 2. The van der Waals surface area contributed by atoms with Crippen LogP contribution in [0.15, 0.2) is 35.3 Å². The molecular formula is C18H27ClIN5. The number of guanidine groups is 1. The monoisotopic (exact) mass is 475 g/mol. The van der Waals surface area contributed by atoms with Crippen LogP contribution in [0.1, 0.15) is 30.3 Å². The third-order valence-corrected chi connectivity index (χ3v) is 3.83. The lowest BCUT2D eigenvalue weighted by Gasteiger charge is -2.12. The van der Waals surface area contributed by atoms with E-state index in [1.165, 1.54) is 5.69 Å². The highest BCUT2D eigenvalue weighted by Crippen LogP contribution is 2.11. The molecule has 25 heavy (non-hydrogen) atoms. The van der Waals surface area contributed by atoms with Gasteiger partial charge in [0.15, 0.2) is 5.96 Å². The zero-order valence-corrected chi connectivity index (χ0v) is 18.1. The van der Waals surface area contributed by atoms with E-state index in [4.69, 9.17) is 11.6 Å². The highest BCUT2D eigenvalue weighted by atomic mass is 127. The van der Waals surface area contributed by atoms with E-state index in [1.54, 1.807) is 0 Å². The van der Waals surface area contributed by atoms with E-state index in [-0.39, 0.29) is 24.0 Å². The smallest absolute Gasteiger partial charge is 0.191 e. The average molecular weight is 476 g/mol. The van der Waals surface area contributed by atoms with Gasteiger partial charge in [-0.3, -0.25) is 4.68 Å². The fourth-order valence-electron chi connectivity index (χ4n) is 2.48. The second-order valence-corrected chi connectivity index (χ2v) is 6.19. The largest absolute Gasteiger partial charge is 0.357 e. The van der Waals surface area contributed by atoms with E-state index in [2.05, 4.69) is 40.6 Å². The Kier molecular flexibility index (Phi) is 9.89. The van der Waals surface area contributed by atoms with Gasteiger partial charge < -0.3 is 10.6 Å². The van der Waals surface area contributed by atoms with Crippen molar-refractivity contribution in [3.63, 3.8) is 0 Å². The van der Waals surface area contributed by atoms with Gasteiger partial charge >= 0.3 is 0 Å². The standard InChI is InChI=1S/C18H26ClN5.HI/c1-4-20-18(22-13-16-7-5-8-17(19)12-16)21-9-6-10-24-15(3)11-14(2)23-24;/h5,7-8,11-12H,4,6,9-10,13H2,1-3H3,(H2,20,21,22);1H. The molecule has 2 rings (SSSR count). The van der Waals surface area contributed by atoms with Crippen LogP contribution >= 0.6 is 35.6 Å². The molecule has 0 saturated carbocycles. The van der Waals surface area contributed by atoms with Gasteiger partial charge in [0.25, 0.3) is 0 Å². The maximum atomic E-state index is 6.01. The predicted molar refractivity (Wildman–Crippen MR) is 116 cm³/mol. The Bertz CT molecular complexity index is 684. The van der Waals surface area contributed by atoms with Crippen LogP contribution in [0.25, 0.3) is 0 Å². The van der Waals surface area contributed by atoms with E-state index >= 15 is 0 Å². The molecule has 0 aliphatic carbocycles. The van der Waals surface area contributed by atoms with Crippen molar-refractivity contribution in [2.45, 2.75) is 40.3 Å². The topological polar surface area (TPSA) is 54.2 Å². The summed E-state index contributed by atoms with van der Waals surface area (Å²) >= 11 is 6.01. The van der Waals surface area contributed by atoms with Crippen LogP contribution in [-0.4, -0.2) is 28.8 Å². The molecule has 5 nitrogen and oxygen atoms in total. The molecule has 0 aliphatic heterocycles. The summed E-state index contributed by atoms with van der Waals surface area (Å²) in [5.41, 5.74) is 3.37. The molecule has 0 fully saturated rings. The van der Waals surface area contributed by atoms with Gasteiger partial charge in [0.05, 0.1) is 12.2 Å². The van der Waals surface area contributed by atoms with E-state index in [0.717, 1.165) is 48.3 Å². The number of halogens is 2. The number of benzene rings is 1. The fourth-order valence-corrected chi connectivity index (χ4v) is 2.70. The number of aromatic nitrogens is 2. The van der Waals surface area contributed by atoms with Crippen molar-refractivity contribution in [2.75, 3.05) is 13.1 Å². The summed E-state index contributed by atoms with van der Waals surface area (Å²) in [5.74, 6) is 0.825. The minimum absolute atomic E-state index is 0. The molecule has 0 saturated heterocycles. The van der Waals surface area contributed by atoms with E-state index in [1.807, 2.05) is 35.9 Å². The molecule has 0 radical (unpaired) electrons. The first-order chi connectivity index (χ1) is 11.6. The summed E-state index contributed by atoms with van der Waals surface area (Å²) in [6.45, 7) is 9.36. The molecule has 1 heterocycles. The quantitative estimate of drug-likeness (QED) is 0.276. The summed E-state index contributed by atoms with van der Waals surface area (Å²) in [6.07, 6.45) is 0.990. The number of nitrogens with one attached hydrogen (secondary N) is 2. The van der Waals surface area contributed by atoms with Crippen LogP contribution in [0.5, 0.6) is 0 Å². The number of rotatable bonds is 7. The van der Waals surface area contributed by atoms with Crippen molar-refractivity contribution in [2.24, 2.45) is 4.99 Å². The van der Waals surface area contributed by atoms with Crippen LogP contribution in [0, 0.1) is 13.8 Å². The summed E-state index contributed by atoms with van der Waals surface area (Å²) in [4.78, 5) is 4.60. The lowest BCUT2D eigenvalue weighted by Crippen LogP contribution is -2.38. The second-order valence-electron chi connectivity index (χ2n) is 5.76. The zero-order valence-electron chi connectivity index (χ0n) is 15.1. The summed E-state index contributed by atoms with van der Waals surface area (Å²) in [5, 5.41) is 11.9. The fraction of sp³-hybridized carbons (Fsp3) is 0.444. The van der Waals surface area contributed by atoms with Gasteiger partial charge in [-0.15, -0.1) is 24.0 Å². The maximum Gasteiger partial charge on any atom is 0.191 e. The van der Waals surface area contributed by atoms with Crippen LogP contribution in [0.2, 0.25) is 5.02 Å². The molecule has 0 amide bonds. The first kappa shape index (κ1) is 21.8. The van der Waals surface area contributed by atoms with Crippen LogP contribution < -0.4 is 10.6 Å². The number of nitrogens with zero attached hydrogens (tertiary/aromatic N) is 3. The van der Waals surface area contributed by atoms with Crippen molar-refractivity contribution in [3.8, 4) is 0 Å². The van der Waals surface area contributed by atoms with Gasteiger partial charge in [0, 0.05) is 30.4 Å². The Morgan fingerprint density at radius 2 is 2.04 bits per heavy atom. The number of aliphatic imine (C=N–C) groups is 1. The molecule has 1 aromatic carbocycles. The minimum atomic E-state index is 0. The summed E-state index contributed by atoms with van der Waals surface area (Å²) in [7, 11) is 0. The first-order valence-corrected chi connectivity index (χ1v) is 8.74. The third kappa shape index (κ3) is 7.64. The maximum absolute atomic E-state index is 6.01. The van der Waals surface area contributed by atoms with Crippen molar-refractivity contribution in [1.82, 2.24) is 20.4 Å². The Morgan fingerprint density at radius 1 is 1.24 bits per heavy atom. The Labute approximate surface area is 172 Å². The van der Waals surface area contributed by atoms with E-state index in [0.29, 0.717) is 6.54 Å². The summed E-state index contributed by atoms with van der Waals surface area (Å²) in [6, 6.07) is 9.89. The molecule has 0 spiro atoms. The molecule has 0 unspecified atom stereocenters. The van der Waals surface area contributed by atoms with E-state index < -0.39 is 0 Å². The summed E-state index contributed by atoms with van der Waals surface area (Å²) < 4.78 is 2.05. The predicted octanol–water partition coefficient (Wildman–Crippen LogP) is 3.92. The van der Waals surface area contributed by atoms with Gasteiger partial charge in [0.1, 0.15) is 0 Å². The molecule has 2 N–H and O–H groups in total. The molecule has 2 aromatic rings. The minimum Gasteiger partial charge on any atom is -0.357 e. The first-order valence-electron chi connectivity index (χ1n) is 8.36. The van der Waals surface area contributed by atoms with Gasteiger partial charge in [-0.1, -0.05) is 23.7 Å². The van der Waals surface area contributed by atoms with Gasteiger partial charge in [-0.05, 0) is 51.0 Å². The molecule has 0 atom stereocenters. The third-order valence-electron chi connectivity index (χ3n) is 3.60. The van der Waals surface area contributed by atoms with Crippen LogP contribution in [-0.2, 0) is 13.1 Å². The van der Waals surface area contributed by atoms with Crippen molar-refractivity contribution in [3.05, 3.63) is 52.3 Å². The van der Waals surface area contributed by atoms with Crippen molar-refractivity contribution >= 4 is 41.5 Å². The number of aryl methyl sites for hydroxylation is 3. The zero-order chi connectivity index (χ0) is 17.4. The normalized spacial score (nSPS) is 11.1. The second kappa shape index (κ2) is 11.4. The van der Waals surface area contributed by atoms with Gasteiger partial charge in [-0.25, -0.2) is 4.99 Å². The molecular weight excluding hydrogens is 449 g/mol. The van der Waals surface area contributed by atoms with E-state index in [9.17, 15) is 0 Å². The average Bonchev–Trinajstić information content (AvgIpc) is 2.87. The molecule has 0 bridgehead atoms. The van der Waals surface area contributed by atoms with Crippen LogP contribution in [0.4, 0.5) is 0 Å². The molecule has 0 aliphatic rings. The SMILES string of the molecule is CCNC(=NCc1cccc(Cl)c1)NCCCn1nc(C)cc1C.I. The lowest BCUT2D eigenvalue weighted by molar-refractivity contribution is 0.555. The Morgan fingerprint density at radius 3 is 2.68 bits per heavy atom. The van der Waals surface area contributed by atoms with Crippen molar-refractivity contribution < 1.29 is 0 Å². The molecule has 7 heteroatoms. The molecule has 138 valence electrons. The number of hydrogen-bond acceptors (Lipinski definition) is 2. The van der Waals surface area contributed by atoms with Gasteiger partial charge in [-0.2, -0.15) is 5.10 Å². The van der Waals surface area contributed by atoms with Crippen molar-refractivity contribution in [1.29, 1.82) is 0 Å². The lowest BCUT2D eigenvalue weighted by atomic mass is 10.2. The van der Waals surface area contributed by atoms with Crippen LogP contribution in [0.3, 0.4) is 0 Å². The highest BCUT2D eigenvalue weighted by Gasteiger charge is 2.01. The Balaban J connectivity index is 0.00000312.